The lowest BCUT2D eigenvalue weighted by molar-refractivity contribution is -0.384. The van der Waals surface area contributed by atoms with E-state index in [1.807, 2.05) is 0 Å². The molecule has 0 unspecified atom stereocenters. The van der Waals surface area contributed by atoms with Crippen molar-refractivity contribution in [3.05, 3.63) is 34.4 Å². The van der Waals surface area contributed by atoms with Crippen molar-refractivity contribution in [1.29, 1.82) is 5.41 Å². The molecule has 0 aliphatic heterocycles. The number of urea groups is 1. The van der Waals surface area contributed by atoms with Crippen LogP contribution >= 0.6 is 0 Å². The zero-order chi connectivity index (χ0) is 17.7. The zero-order valence-electron chi connectivity index (χ0n) is 12.8. The lowest BCUT2D eigenvalue weighted by Crippen LogP contribution is -2.41. The molecule has 0 saturated heterocycles. The number of rotatable bonds is 4. The number of guanidine groups is 1. The molecule has 0 aliphatic carbocycles. The predicted octanol–water partition coefficient (Wildman–Crippen LogP) is 1.60. The van der Waals surface area contributed by atoms with Crippen LogP contribution in [0, 0.1) is 15.5 Å². The number of carbonyl (C=O) groups excluding carboxylic acids is 2. The first kappa shape index (κ1) is 19.7. The maximum atomic E-state index is 11.1. The van der Waals surface area contributed by atoms with Gasteiger partial charge >= 0.3 is 6.03 Å². The maximum absolute atomic E-state index is 11.1. The molecule has 0 radical (unpaired) electrons. The fourth-order valence-corrected chi connectivity index (χ4v) is 1.22. The average molecular weight is 322 g/mol. The SMILES string of the molecule is CCN=C=O.CCNC(=O)NC(=N)Nc1ccc([N+](=O)[O-])cc1. The molecule has 1 rings (SSSR count). The Kier molecular flexibility index (Phi) is 9.79. The van der Waals surface area contributed by atoms with Crippen LogP contribution in [-0.4, -0.2) is 36.1 Å². The summed E-state index contributed by atoms with van der Waals surface area (Å²) in [5.41, 5.74) is 0.436. The van der Waals surface area contributed by atoms with Gasteiger partial charge < -0.3 is 10.6 Å². The molecule has 124 valence electrons. The molecule has 0 fully saturated rings. The van der Waals surface area contributed by atoms with Gasteiger partial charge in [-0.2, -0.15) is 0 Å². The molecule has 23 heavy (non-hydrogen) atoms. The van der Waals surface area contributed by atoms with E-state index in [0.29, 0.717) is 18.8 Å². The van der Waals surface area contributed by atoms with Gasteiger partial charge in [-0.15, -0.1) is 0 Å². The summed E-state index contributed by atoms with van der Waals surface area (Å²) in [6.07, 6.45) is 1.39. The molecule has 10 nitrogen and oxygen atoms in total. The lowest BCUT2D eigenvalue weighted by atomic mass is 10.3. The number of non-ortho nitro benzene ring substituents is 1. The molecule has 1 aromatic carbocycles. The lowest BCUT2D eigenvalue weighted by Gasteiger charge is -2.09. The molecule has 0 atom stereocenters. The highest BCUT2D eigenvalue weighted by Crippen LogP contribution is 2.14. The van der Waals surface area contributed by atoms with Crippen LogP contribution < -0.4 is 16.0 Å². The molecule has 0 saturated carbocycles. The first-order chi connectivity index (χ1) is 10.9. The van der Waals surface area contributed by atoms with Gasteiger partial charge in [0.1, 0.15) is 0 Å². The average Bonchev–Trinajstić information content (AvgIpc) is 2.49. The highest BCUT2D eigenvalue weighted by molar-refractivity contribution is 6.01. The number of nitro groups is 1. The van der Waals surface area contributed by atoms with Crippen LogP contribution in [0.15, 0.2) is 29.3 Å². The third-order valence-corrected chi connectivity index (χ3v) is 2.15. The van der Waals surface area contributed by atoms with Crippen molar-refractivity contribution in [2.45, 2.75) is 13.8 Å². The van der Waals surface area contributed by atoms with Crippen molar-refractivity contribution in [3.8, 4) is 0 Å². The molecule has 0 aromatic heterocycles. The third-order valence-electron chi connectivity index (χ3n) is 2.15. The molecule has 4 N–H and O–H groups in total. The Labute approximate surface area is 132 Å². The molecule has 0 spiro atoms. The first-order valence-corrected chi connectivity index (χ1v) is 6.63. The largest absolute Gasteiger partial charge is 0.338 e. The summed E-state index contributed by atoms with van der Waals surface area (Å²) < 4.78 is 0. The molecule has 2 amide bonds. The smallest absolute Gasteiger partial charge is 0.321 e. The molecule has 0 aliphatic rings. The first-order valence-electron chi connectivity index (χ1n) is 6.63. The van der Waals surface area contributed by atoms with Gasteiger partial charge in [0.05, 0.1) is 4.92 Å². The molecular weight excluding hydrogens is 304 g/mol. The van der Waals surface area contributed by atoms with Gasteiger partial charge in [-0.05, 0) is 26.0 Å². The van der Waals surface area contributed by atoms with E-state index in [1.165, 1.54) is 30.3 Å². The van der Waals surface area contributed by atoms with E-state index in [4.69, 9.17) is 10.2 Å². The summed E-state index contributed by atoms with van der Waals surface area (Å²) in [6, 6.07) is 5.03. The number of isocyanates is 1. The van der Waals surface area contributed by atoms with Crippen molar-refractivity contribution in [2.24, 2.45) is 4.99 Å². The Balaban J connectivity index is 0.000000841. The zero-order valence-corrected chi connectivity index (χ0v) is 12.8. The monoisotopic (exact) mass is 322 g/mol. The van der Waals surface area contributed by atoms with Crippen LogP contribution in [-0.2, 0) is 4.79 Å². The number of amides is 2. The highest BCUT2D eigenvalue weighted by Gasteiger charge is 2.06. The molecular formula is C13H18N6O4. The Morgan fingerprint density at radius 1 is 1.35 bits per heavy atom. The van der Waals surface area contributed by atoms with Gasteiger partial charge in [0.2, 0.25) is 12.0 Å². The number of nitrogens with zero attached hydrogens (tertiary/aromatic N) is 2. The van der Waals surface area contributed by atoms with E-state index in [1.54, 1.807) is 13.8 Å². The van der Waals surface area contributed by atoms with E-state index in [-0.39, 0.29) is 11.6 Å². The van der Waals surface area contributed by atoms with Gasteiger partial charge in [-0.3, -0.25) is 20.8 Å². The van der Waals surface area contributed by atoms with Crippen LogP contribution in [0.3, 0.4) is 0 Å². The second-order valence-electron chi connectivity index (χ2n) is 3.85. The quantitative estimate of drug-likeness (QED) is 0.218. The normalized spacial score (nSPS) is 8.61. The van der Waals surface area contributed by atoms with Crippen molar-refractivity contribution >= 4 is 29.4 Å². The Hall–Kier alpha value is -3.26. The number of aliphatic imine (C=N–C) groups is 1. The number of hydrogen-bond donors (Lipinski definition) is 4. The summed E-state index contributed by atoms with van der Waals surface area (Å²) in [5, 5.41) is 25.2. The number of anilines is 1. The molecule has 1 aromatic rings. The summed E-state index contributed by atoms with van der Waals surface area (Å²) in [5.74, 6) is -0.213. The number of benzene rings is 1. The van der Waals surface area contributed by atoms with E-state index < -0.39 is 11.0 Å². The summed E-state index contributed by atoms with van der Waals surface area (Å²) in [4.78, 5) is 33.3. The Bertz CT molecular complexity index is 581. The van der Waals surface area contributed by atoms with Gasteiger partial charge in [-0.1, -0.05) is 0 Å². The number of nitrogens with one attached hydrogen (secondary N) is 4. The molecule has 0 heterocycles. The third kappa shape index (κ3) is 9.32. The van der Waals surface area contributed by atoms with E-state index >= 15 is 0 Å². The van der Waals surface area contributed by atoms with Crippen LogP contribution in [0.2, 0.25) is 0 Å². The Morgan fingerprint density at radius 2 is 1.96 bits per heavy atom. The van der Waals surface area contributed by atoms with Gasteiger partial charge in [-0.25, -0.2) is 14.6 Å². The predicted molar refractivity (Wildman–Crippen MR) is 85.3 cm³/mol. The second kappa shape index (κ2) is 11.4. The van der Waals surface area contributed by atoms with Crippen LogP contribution in [0.4, 0.5) is 16.2 Å². The molecule has 0 bridgehead atoms. The summed E-state index contributed by atoms with van der Waals surface area (Å²) >= 11 is 0. The van der Waals surface area contributed by atoms with Crippen LogP contribution in [0.1, 0.15) is 13.8 Å². The van der Waals surface area contributed by atoms with E-state index in [0.717, 1.165) is 0 Å². The van der Waals surface area contributed by atoms with Crippen molar-refractivity contribution in [3.63, 3.8) is 0 Å². The van der Waals surface area contributed by atoms with Crippen LogP contribution in [0.5, 0.6) is 0 Å². The second-order valence-corrected chi connectivity index (χ2v) is 3.85. The topological polar surface area (TPSA) is 150 Å². The summed E-state index contributed by atoms with van der Waals surface area (Å²) in [7, 11) is 0. The van der Waals surface area contributed by atoms with Gasteiger partial charge in [0, 0.05) is 30.9 Å². The number of carbonyl (C=O) groups is 1. The minimum atomic E-state index is -0.512. The number of hydrogen-bond acceptors (Lipinski definition) is 6. The van der Waals surface area contributed by atoms with E-state index in [9.17, 15) is 14.9 Å². The fraction of sp³-hybridized carbons (Fsp3) is 0.308. The minimum absolute atomic E-state index is 0.0382. The highest BCUT2D eigenvalue weighted by atomic mass is 16.6. The van der Waals surface area contributed by atoms with Crippen molar-refractivity contribution < 1.29 is 14.5 Å². The maximum Gasteiger partial charge on any atom is 0.321 e. The molecule has 10 heteroatoms. The van der Waals surface area contributed by atoms with Gasteiger partial charge in [0.25, 0.3) is 5.69 Å². The van der Waals surface area contributed by atoms with Gasteiger partial charge in [0.15, 0.2) is 0 Å². The Morgan fingerprint density at radius 3 is 2.35 bits per heavy atom. The van der Waals surface area contributed by atoms with Crippen LogP contribution in [0.25, 0.3) is 0 Å². The fourth-order valence-electron chi connectivity index (χ4n) is 1.22. The van der Waals surface area contributed by atoms with Crippen molar-refractivity contribution in [1.82, 2.24) is 10.6 Å². The summed E-state index contributed by atoms with van der Waals surface area (Å²) in [6.45, 7) is 4.54. The minimum Gasteiger partial charge on any atom is -0.338 e. The van der Waals surface area contributed by atoms with Crippen molar-refractivity contribution in [2.75, 3.05) is 18.4 Å². The number of nitro benzene ring substituents is 1. The van der Waals surface area contributed by atoms with E-state index in [2.05, 4.69) is 20.9 Å². The standard InChI is InChI=1S/C10H13N5O3.C3H5NO/c1-2-12-10(16)14-9(11)13-7-3-5-8(6-4-7)15(17)18;1-2-4-3-5/h3-6H,2H2,1H3,(H4,11,12,13,14,16);2H2,1H3.